The van der Waals surface area contributed by atoms with Crippen molar-refractivity contribution in [2.75, 3.05) is 5.32 Å². The van der Waals surface area contributed by atoms with Gasteiger partial charge in [0.25, 0.3) is 11.5 Å². The highest BCUT2D eigenvalue weighted by molar-refractivity contribution is 6.04. The Morgan fingerprint density at radius 3 is 2.21 bits per heavy atom. The molecule has 8 heteroatoms. The van der Waals surface area contributed by atoms with Gasteiger partial charge in [0.05, 0.1) is 11.4 Å². The second-order valence-electron chi connectivity index (χ2n) is 6.75. The molecule has 1 heterocycles. The standard InChI is InChI=1S/C21H21F2N3O3/c1-13(2)18-17(20(28)26(25(18)3)15-7-5-4-6-8-15)24-19(27)14-9-11-16(12-10-14)29-21(22)23/h4-13,21H,1-3H3,(H,24,27). The van der Waals surface area contributed by atoms with Crippen molar-refractivity contribution in [3.63, 3.8) is 0 Å². The van der Waals surface area contributed by atoms with E-state index >= 15 is 0 Å². The average Bonchev–Trinajstić information content (AvgIpc) is 2.92. The second kappa shape index (κ2) is 8.30. The molecule has 0 unspecified atom stereocenters. The van der Waals surface area contributed by atoms with Crippen LogP contribution in [0, 0.1) is 0 Å². The fourth-order valence-corrected chi connectivity index (χ4v) is 3.23. The van der Waals surface area contributed by atoms with Gasteiger partial charge in [0.2, 0.25) is 0 Å². The maximum absolute atomic E-state index is 13.1. The van der Waals surface area contributed by atoms with Crippen molar-refractivity contribution in [2.24, 2.45) is 7.05 Å². The number of para-hydroxylation sites is 1. The van der Waals surface area contributed by atoms with Crippen molar-refractivity contribution in [1.82, 2.24) is 9.36 Å². The van der Waals surface area contributed by atoms with Gasteiger partial charge in [0.15, 0.2) is 0 Å². The minimum atomic E-state index is -2.94. The number of amides is 1. The molecule has 1 amide bonds. The number of carbonyl (C=O) groups excluding carboxylic acids is 1. The summed E-state index contributed by atoms with van der Waals surface area (Å²) in [6.45, 7) is 0.913. The molecule has 6 nitrogen and oxygen atoms in total. The van der Waals surface area contributed by atoms with Crippen LogP contribution in [0.15, 0.2) is 59.4 Å². The lowest BCUT2D eigenvalue weighted by Gasteiger charge is -2.13. The Morgan fingerprint density at radius 1 is 1.03 bits per heavy atom. The van der Waals surface area contributed by atoms with Gasteiger partial charge in [0, 0.05) is 12.6 Å². The lowest BCUT2D eigenvalue weighted by atomic mass is 10.1. The fourth-order valence-electron chi connectivity index (χ4n) is 3.23. The van der Waals surface area contributed by atoms with Crippen LogP contribution in [0.2, 0.25) is 0 Å². The van der Waals surface area contributed by atoms with E-state index in [1.807, 2.05) is 32.0 Å². The molecule has 0 fully saturated rings. The summed E-state index contributed by atoms with van der Waals surface area (Å²) in [7, 11) is 1.76. The number of anilines is 1. The summed E-state index contributed by atoms with van der Waals surface area (Å²) in [5.41, 5.74) is 1.40. The number of rotatable bonds is 6. The van der Waals surface area contributed by atoms with Crippen LogP contribution >= 0.6 is 0 Å². The number of aromatic nitrogens is 2. The first kappa shape index (κ1) is 20.3. The van der Waals surface area contributed by atoms with Gasteiger partial charge >= 0.3 is 6.61 Å². The summed E-state index contributed by atoms with van der Waals surface area (Å²) in [6.07, 6.45) is 0. The molecule has 29 heavy (non-hydrogen) atoms. The molecule has 0 aliphatic heterocycles. The van der Waals surface area contributed by atoms with Crippen LogP contribution in [-0.4, -0.2) is 21.9 Å². The Balaban J connectivity index is 1.96. The molecule has 1 N–H and O–H groups in total. The number of carbonyl (C=O) groups is 1. The van der Waals surface area contributed by atoms with Crippen molar-refractivity contribution < 1.29 is 18.3 Å². The largest absolute Gasteiger partial charge is 0.435 e. The highest BCUT2D eigenvalue weighted by Crippen LogP contribution is 2.24. The molecule has 0 atom stereocenters. The van der Waals surface area contributed by atoms with E-state index in [9.17, 15) is 18.4 Å². The van der Waals surface area contributed by atoms with E-state index < -0.39 is 12.5 Å². The lowest BCUT2D eigenvalue weighted by Crippen LogP contribution is -2.22. The summed E-state index contributed by atoms with van der Waals surface area (Å²) < 4.78 is 32.0. The SMILES string of the molecule is CC(C)c1c(NC(=O)c2ccc(OC(F)F)cc2)c(=O)n(-c2ccccc2)n1C. The highest BCUT2D eigenvalue weighted by Gasteiger charge is 2.23. The molecule has 0 saturated heterocycles. The van der Waals surface area contributed by atoms with E-state index in [4.69, 9.17) is 0 Å². The number of nitrogens with zero attached hydrogens (tertiary/aromatic N) is 2. The van der Waals surface area contributed by atoms with Crippen molar-refractivity contribution in [3.05, 3.63) is 76.2 Å². The van der Waals surface area contributed by atoms with E-state index in [-0.39, 0.29) is 28.5 Å². The Labute approximate surface area is 166 Å². The van der Waals surface area contributed by atoms with E-state index in [2.05, 4.69) is 10.1 Å². The van der Waals surface area contributed by atoms with Crippen LogP contribution in [-0.2, 0) is 7.05 Å². The minimum absolute atomic E-state index is 0.0326. The number of alkyl halides is 2. The van der Waals surface area contributed by atoms with Crippen LogP contribution in [0.25, 0.3) is 5.69 Å². The fraction of sp³-hybridized carbons (Fsp3) is 0.238. The first-order valence-electron chi connectivity index (χ1n) is 9.03. The number of ether oxygens (including phenoxy) is 1. The highest BCUT2D eigenvalue weighted by atomic mass is 19.3. The number of hydrogen-bond acceptors (Lipinski definition) is 3. The predicted molar refractivity (Wildman–Crippen MR) is 106 cm³/mol. The van der Waals surface area contributed by atoms with Crippen molar-refractivity contribution in [2.45, 2.75) is 26.4 Å². The zero-order valence-electron chi connectivity index (χ0n) is 16.2. The van der Waals surface area contributed by atoms with Crippen LogP contribution in [0.1, 0.15) is 35.8 Å². The molecule has 3 aromatic rings. The van der Waals surface area contributed by atoms with E-state index in [0.717, 1.165) is 0 Å². The van der Waals surface area contributed by atoms with Gasteiger partial charge in [0.1, 0.15) is 11.4 Å². The number of nitrogens with one attached hydrogen (secondary N) is 1. The molecule has 0 radical (unpaired) electrons. The molecule has 3 rings (SSSR count). The third kappa shape index (κ3) is 4.21. The third-order valence-corrected chi connectivity index (χ3v) is 4.44. The third-order valence-electron chi connectivity index (χ3n) is 4.44. The topological polar surface area (TPSA) is 65.3 Å². The van der Waals surface area contributed by atoms with Crippen molar-refractivity contribution in [1.29, 1.82) is 0 Å². The average molecular weight is 401 g/mol. The molecule has 152 valence electrons. The van der Waals surface area contributed by atoms with Crippen LogP contribution in [0.3, 0.4) is 0 Å². The summed E-state index contributed by atoms with van der Waals surface area (Å²) in [4.78, 5) is 25.8. The normalized spacial score (nSPS) is 11.1. The molecule has 0 aliphatic rings. The number of hydrogen-bond donors (Lipinski definition) is 1. The summed E-state index contributed by atoms with van der Waals surface area (Å²) in [5, 5.41) is 2.69. The van der Waals surface area contributed by atoms with Gasteiger partial charge in [-0.1, -0.05) is 32.0 Å². The lowest BCUT2D eigenvalue weighted by molar-refractivity contribution is -0.0498. The Hall–Kier alpha value is -3.42. The summed E-state index contributed by atoms with van der Waals surface area (Å²) in [5.74, 6) is -0.598. The molecule has 0 bridgehead atoms. The van der Waals surface area contributed by atoms with Crippen LogP contribution in [0.4, 0.5) is 14.5 Å². The molecule has 0 spiro atoms. The molecule has 0 saturated carbocycles. The van der Waals surface area contributed by atoms with E-state index in [1.165, 1.54) is 28.9 Å². The van der Waals surface area contributed by atoms with Gasteiger partial charge in [-0.3, -0.25) is 14.3 Å². The van der Waals surface area contributed by atoms with Crippen molar-refractivity contribution in [3.8, 4) is 11.4 Å². The van der Waals surface area contributed by atoms with Crippen LogP contribution in [0.5, 0.6) is 5.75 Å². The zero-order chi connectivity index (χ0) is 21.1. The summed E-state index contributed by atoms with van der Waals surface area (Å²) >= 11 is 0. The Kier molecular flexibility index (Phi) is 5.81. The van der Waals surface area contributed by atoms with Gasteiger partial charge in [-0.05, 0) is 42.3 Å². The second-order valence-corrected chi connectivity index (χ2v) is 6.75. The molecular formula is C21H21F2N3O3. The van der Waals surface area contributed by atoms with Gasteiger partial charge in [-0.2, -0.15) is 8.78 Å². The maximum atomic E-state index is 13.1. The predicted octanol–water partition coefficient (Wildman–Crippen LogP) is 4.15. The molecule has 1 aromatic heterocycles. The summed E-state index contributed by atoms with van der Waals surface area (Å²) in [6, 6.07) is 14.4. The molecular weight excluding hydrogens is 380 g/mol. The number of halogens is 2. The maximum Gasteiger partial charge on any atom is 0.387 e. The van der Waals surface area contributed by atoms with E-state index in [1.54, 1.807) is 23.9 Å². The monoisotopic (exact) mass is 401 g/mol. The van der Waals surface area contributed by atoms with Gasteiger partial charge in [-0.25, -0.2) is 4.68 Å². The Morgan fingerprint density at radius 2 is 1.66 bits per heavy atom. The first-order chi connectivity index (χ1) is 13.8. The van der Waals surface area contributed by atoms with Gasteiger partial charge in [-0.15, -0.1) is 0 Å². The van der Waals surface area contributed by atoms with Gasteiger partial charge < -0.3 is 10.1 Å². The quantitative estimate of drug-likeness (QED) is 0.675. The van der Waals surface area contributed by atoms with Crippen molar-refractivity contribution >= 4 is 11.6 Å². The number of benzene rings is 2. The Bertz CT molecular complexity index is 1060. The molecule has 0 aliphatic carbocycles. The molecule has 2 aromatic carbocycles. The smallest absolute Gasteiger partial charge is 0.387 e. The first-order valence-corrected chi connectivity index (χ1v) is 9.03. The zero-order valence-corrected chi connectivity index (χ0v) is 16.2. The van der Waals surface area contributed by atoms with E-state index in [0.29, 0.717) is 11.4 Å². The van der Waals surface area contributed by atoms with Crippen LogP contribution < -0.4 is 15.6 Å². The minimum Gasteiger partial charge on any atom is -0.435 e.